The van der Waals surface area contributed by atoms with Crippen molar-refractivity contribution in [2.75, 3.05) is 13.7 Å². The van der Waals surface area contributed by atoms with E-state index in [1.807, 2.05) is 19.1 Å². The highest BCUT2D eigenvalue weighted by Crippen LogP contribution is 2.53. The number of esters is 2. The van der Waals surface area contributed by atoms with E-state index in [0.717, 1.165) is 12.8 Å². The van der Waals surface area contributed by atoms with Crippen molar-refractivity contribution in [1.29, 1.82) is 0 Å². The first-order valence-electron chi connectivity index (χ1n) is 13.3. The molecule has 8 nitrogen and oxygen atoms in total. The lowest BCUT2D eigenvalue weighted by Gasteiger charge is -2.49. The van der Waals surface area contributed by atoms with Gasteiger partial charge in [-0.3, -0.25) is 19.2 Å². The molecule has 6 atom stereocenters. The van der Waals surface area contributed by atoms with Crippen molar-refractivity contribution in [3.05, 3.63) is 48.1 Å². The number of aldehydes is 1. The molecule has 0 aromatic carbocycles. The van der Waals surface area contributed by atoms with Crippen molar-refractivity contribution in [2.24, 2.45) is 29.1 Å². The summed E-state index contributed by atoms with van der Waals surface area (Å²) >= 11 is 0. The average Bonchev–Trinajstić information content (AvgIpc) is 2.89. The lowest BCUT2D eigenvalue weighted by Crippen LogP contribution is -2.52. The molecule has 1 amide bonds. The fraction of sp³-hybridized carbons (Fsp3) is 0.567. The summed E-state index contributed by atoms with van der Waals surface area (Å²) in [5.74, 6) is -2.15. The zero-order valence-corrected chi connectivity index (χ0v) is 23.2. The number of carbonyl (C=O) groups excluding carboxylic acids is 5. The summed E-state index contributed by atoms with van der Waals surface area (Å²) in [6, 6.07) is 0. The standard InChI is InChI=1S/C30H41NO7/c1-7-19(2)14-20(3)10-8-9-11-27(34)38-26-13-12-23(29(36)31-17-28(35)37-6)30(5)16-22(21(4)18-32)25(33)15-24(26)30/h8-11,15,18-20,22-23,26H,4,7,12-14,16-17H2,1-3,5-6H3,(H,31,36)/b10-8+,11-9+/t19?,20?,22-,23+,26+,30+/m0/s1. The number of hydrogen-bond donors (Lipinski definition) is 1. The zero-order valence-electron chi connectivity index (χ0n) is 23.2. The Labute approximate surface area is 225 Å². The molecule has 0 radical (unpaired) electrons. The monoisotopic (exact) mass is 527 g/mol. The van der Waals surface area contributed by atoms with Crippen molar-refractivity contribution in [2.45, 2.75) is 65.9 Å². The van der Waals surface area contributed by atoms with E-state index in [-0.39, 0.29) is 30.2 Å². The minimum absolute atomic E-state index is 0.136. The molecule has 208 valence electrons. The van der Waals surface area contributed by atoms with Gasteiger partial charge in [0.25, 0.3) is 0 Å². The summed E-state index contributed by atoms with van der Waals surface area (Å²) in [4.78, 5) is 61.6. The van der Waals surface area contributed by atoms with Crippen LogP contribution in [-0.4, -0.2) is 49.7 Å². The molecule has 0 spiro atoms. The Kier molecular flexibility index (Phi) is 11.4. The predicted octanol–water partition coefficient (Wildman–Crippen LogP) is 4.06. The van der Waals surface area contributed by atoms with Gasteiger partial charge in [0.1, 0.15) is 18.9 Å². The number of ether oxygens (including phenoxy) is 2. The first-order chi connectivity index (χ1) is 18.0. The van der Waals surface area contributed by atoms with Crippen molar-refractivity contribution < 1.29 is 33.4 Å². The van der Waals surface area contributed by atoms with E-state index in [1.165, 1.54) is 19.3 Å². The number of carbonyl (C=O) groups is 5. The van der Waals surface area contributed by atoms with Crippen LogP contribution in [0.1, 0.15) is 59.8 Å². The molecule has 1 saturated carbocycles. The lowest BCUT2D eigenvalue weighted by molar-refractivity contribution is -0.147. The molecule has 1 fully saturated rings. The highest BCUT2D eigenvalue weighted by Gasteiger charge is 2.53. The van der Waals surface area contributed by atoms with Gasteiger partial charge in [-0.1, -0.05) is 58.9 Å². The maximum Gasteiger partial charge on any atom is 0.331 e. The molecule has 0 aromatic heterocycles. The van der Waals surface area contributed by atoms with Crippen LogP contribution in [0.2, 0.25) is 0 Å². The van der Waals surface area contributed by atoms with E-state index in [9.17, 15) is 24.0 Å². The summed E-state index contributed by atoms with van der Waals surface area (Å²) in [7, 11) is 1.23. The SMILES string of the molecule is C=C(C=O)[C@@H]1C[C@@]2(C)C(=CC1=O)[C@H](OC(=O)/C=C/C=C/C(C)CC(C)CC)CC[C@@H]2C(=O)NCC(=O)OC. The Morgan fingerprint density at radius 1 is 1.24 bits per heavy atom. The number of methoxy groups -OCH3 is 1. The van der Waals surface area contributed by atoms with E-state index in [2.05, 4.69) is 37.4 Å². The van der Waals surface area contributed by atoms with Crippen LogP contribution in [0.4, 0.5) is 0 Å². The summed E-state index contributed by atoms with van der Waals surface area (Å²) in [6.07, 6.45) is 11.2. The molecule has 2 rings (SSSR count). The number of hydrogen-bond acceptors (Lipinski definition) is 7. The summed E-state index contributed by atoms with van der Waals surface area (Å²) in [6.45, 7) is 11.8. The van der Waals surface area contributed by atoms with Crippen LogP contribution in [-0.2, 0) is 33.4 Å². The van der Waals surface area contributed by atoms with Crippen molar-refractivity contribution in [3.8, 4) is 0 Å². The normalized spacial score (nSPS) is 26.7. The Balaban J connectivity index is 2.22. The number of nitrogens with one attached hydrogen (secondary N) is 1. The van der Waals surface area contributed by atoms with Gasteiger partial charge in [0, 0.05) is 17.4 Å². The van der Waals surface area contributed by atoms with Gasteiger partial charge < -0.3 is 14.8 Å². The van der Waals surface area contributed by atoms with E-state index >= 15 is 0 Å². The van der Waals surface area contributed by atoms with Crippen LogP contribution < -0.4 is 5.32 Å². The molecule has 38 heavy (non-hydrogen) atoms. The molecule has 2 aliphatic carbocycles. The first-order valence-corrected chi connectivity index (χ1v) is 13.3. The van der Waals surface area contributed by atoms with Crippen molar-refractivity contribution in [3.63, 3.8) is 0 Å². The average molecular weight is 528 g/mol. The van der Waals surface area contributed by atoms with Gasteiger partial charge in [-0.15, -0.1) is 0 Å². The number of allylic oxidation sites excluding steroid dienone is 5. The molecule has 8 heteroatoms. The number of fused-ring (bicyclic) bond motifs is 1. The molecule has 2 aliphatic rings. The van der Waals surface area contributed by atoms with Crippen molar-refractivity contribution in [1.82, 2.24) is 5.32 Å². The third-order valence-corrected chi connectivity index (χ3v) is 7.82. The fourth-order valence-corrected chi connectivity index (χ4v) is 5.40. The van der Waals surface area contributed by atoms with Gasteiger partial charge in [0.05, 0.1) is 13.0 Å². The van der Waals surface area contributed by atoms with Crippen LogP contribution in [0.15, 0.2) is 48.1 Å². The van der Waals surface area contributed by atoms with Crippen molar-refractivity contribution >= 4 is 29.9 Å². The molecule has 0 bridgehead atoms. The number of ketones is 1. The number of rotatable bonds is 12. The van der Waals surface area contributed by atoms with Gasteiger partial charge >= 0.3 is 11.9 Å². The van der Waals surface area contributed by atoms with Gasteiger partial charge in [0.15, 0.2) is 5.78 Å². The zero-order chi connectivity index (χ0) is 28.5. The van der Waals surface area contributed by atoms with Crippen LogP contribution in [0.25, 0.3) is 0 Å². The van der Waals surface area contributed by atoms with E-state index in [4.69, 9.17) is 4.74 Å². The Morgan fingerprint density at radius 3 is 2.58 bits per heavy atom. The molecule has 1 N–H and O–H groups in total. The van der Waals surface area contributed by atoms with E-state index < -0.39 is 35.3 Å². The smallest absolute Gasteiger partial charge is 0.331 e. The third kappa shape index (κ3) is 7.85. The predicted molar refractivity (Wildman–Crippen MR) is 144 cm³/mol. The summed E-state index contributed by atoms with van der Waals surface area (Å²) in [5, 5.41) is 2.60. The quantitative estimate of drug-likeness (QED) is 0.176. The second kappa shape index (κ2) is 14.0. The fourth-order valence-electron chi connectivity index (χ4n) is 5.40. The van der Waals surface area contributed by atoms with Crippen LogP contribution in [0.3, 0.4) is 0 Å². The Hall–Kier alpha value is -3.29. The van der Waals surface area contributed by atoms with Crippen LogP contribution in [0, 0.1) is 29.1 Å². The van der Waals surface area contributed by atoms with Gasteiger partial charge in [-0.25, -0.2) is 4.79 Å². The molecule has 0 aromatic rings. The van der Waals surface area contributed by atoms with Crippen LogP contribution in [0.5, 0.6) is 0 Å². The summed E-state index contributed by atoms with van der Waals surface area (Å²) < 4.78 is 10.4. The minimum atomic E-state index is -0.886. The number of amides is 1. The Morgan fingerprint density at radius 2 is 1.95 bits per heavy atom. The lowest BCUT2D eigenvalue weighted by atomic mass is 9.56. The highest BCUT2D eigenvalue weighted by atomic mass is 16.5. The minimum Gasteiger partial charge on any atom is -0.468 e. The summed E-state index contributed by atoms with van der Waals surface area (Å²) in [5.41, 5.74) is -0.207. The first kappa shape index (κ1) is 30.9. The van der Waals surface area contributed by atoms with E-state index in [1.54, 1.807) is 6.08 Å². The molecule has 0 saturated heterocycles. The molecule has 2 unspecified atom stereocenters. The third-order valence-electron chi connectivity index (χ3n) is 7.82. The molecular weight excluding hydrogens is 486 g/mol. The Bertz CT molecular complexity index is 1020. The second-order valence-electron chi connectivity index (χ2n) is 10.7. The van der Waals surface area contributed by atoms with Crippen LogP contribution >= 0.6 is 0 Å². The molecule has 0 heterocycles. The van der Waals surface area contributed by atoms with Gasteiger partial charge in [-0.05, 0) is 54.7 Å². The maximum absolute atomic E-state index is 13.1. The highest BCUT2D eigenvalue weighted by molar-refractivity contribution is 6.00. The topological polar surface area (TPSA) is 116 Å². The molecule has 0 aliphatic heterocycles. The van der Waals surface area contributed by atoms with E-state index in [0.29, 0.717) is 36.5 Å². The second-order valence-corrected chi connectivity index (χ2v) is 10.7. The molecular formula is C30H41NO7. The maximum atomic E-state index is 13.1. The van der Waals surface area contributed by atoms with Gasteiger partial charge in [0.2, 0.25) is 5.91 Å². The largest absolute Gasteiger partial charge is 0.468 e. The van der Waals surface area contributed by atoms with Gasteiger partial charge in [-0.2, -0.15) is 0 Å².